The van der Waals surface area contributed by atoms with Crippen molar-refractivity contribution in [3.8, 4) is 0 Å². The number of carbonyl (C=O) groups excluding carboxylic acids is 2. The number of allylic oxidation sites excluding steroid dienone is 4. The first-order valence-electron chi connectivity index (χ1n) is 26.4. The van der Waals surface area contributed by atoms with Crippen LogP contribution < -0.4 is 0 Å². The van der Waals surface area contributed by atoms with Crippen molar-refractivity contribution in [3.05, 3.63) is 24.3 Å². The molecular formula is C52H96O12S. The number of hydrogen-bond acceptors (Lipinski definition) is 11. The second-order valence-corrected chi connectivity index (χ2v) is 20.0. The molecule has 1 aliphatic rings. The molecule has 0 aliphatic carbocycles. The average Bonchev–Trinajstić information content (AvgIpc) is 3.27. The maximum absolute atomic E-state index is 12.9. The van der Waals surface area contributed by atoms with Crippen LogP contribution in [0.3, 0.4) is 0 Å². The summed E-state index contributed by atoms with van der Waals surface area (Å²) in [7, 11) is -4.60. The van der Waals surface area contributed by atoms with Gasteiger partial charge < -0.3 is 34.3 Å². The van der Waals surface area contributed by atoms with Crippen molar-refractivity contribution in [1.29, 1.82) is 0 Å². The van der Waals surface area contributed by atoms with Crippen LogP contribution in [0.5, 0.6) is 0 Å². The minimum Gasteiger partial charge on any atom is -0.462 e. The highest BCUT2D eigenvalue weighted by atomic mass is 32.2. The third-order valence-electron chi connectivity index (χ3n) is 12.3. The Labute approximate surface area is 396 Å². The molecule has 382 valence electrons. The van der Waals surface area contributed by atoms with Crippen LogP contribution in [0.2, 0.25) is 0 Å². The Bertz CT molecular complexity index is 1290. The van der Waals surface area contributed by atoms with E-state index in [1.807, 2.05) is 0 Å². The maximum atomic E-state index is 12.9. The second-order valence-electron chi connectivity index (χ2n) is 18.5. The molecule has 6 atom stereocenters. The highest BCUT2D eigenvalue weighted by molar-refractivity contribution is 7.85. The van der Waals surface area contributed by atoms with Crippen LogP contribution >= 0.6 is 0 Å². The van der Waals surface area contributed by atoms with Gasteiger partial charge in [0.2, 0.25) is 0 Å². The van der Waals surface area contributed by atoms with E-state index < -0.39 is 71.2 Å². The monoisotopic (exact) mass is 945 g/mol. The summed E-state index contributed by atoms with van der Waals surface area (Å²) in [5.74, 6) is -1.97. The smallest absolute Gasteiger partial charge is 0.306 e. The molecule has 4 N–H and O–H groups in total. The normalized spacial score (nSPS) is 19.6. The standard InChI is InChI=1S/C52H96O12S/c1-3-5-7-9-11-13-15-17-19-21-23-25-27-29-31-33-35-37-39-41-48(54)63-45(43-62-52-51(57)50(56)49(55)46(64-52)44-65(58,59)60)42-61-47(53)40-38-36-34-32-30-28-26-24-22-20-18-16-14-12-10-8-6-4-2/h11,13,17,19,45-46,49-52,55-57H,3-10,12,14-16,18,20-44H2,1-2H3,(H,58,59,60)/b13-11+,19-17+/t45-,46-,49-,50?,51?,52+/m1/s1. The number of hydrogen-bond donors (Lipinski definition) is 4. The molecule has 12 nitrogen and oxygen atoms in total. The zero-order valence-electron chi connectivity index (χ0n) is 41.1. The highest BCUT2D eigenvalue weighted by Crippen LogP contribution is 2.24. The van der Waals surface area contributed by atoms with Crippen molar-refractivity contribution in [1.82, 2.24) is 0 Å². The topological polar surface area (TPSA) is 186 Å². The molecule has 0 amide bonds. The minimum atomic E-state index is -4.60. The Balaban J connectivity index is 2.36. The number of rotatable bonds is 45. The first-order chi connectivity index (χ1) is 31.5. The van der Waals surface area contributed by atoms with Crippen LogP contribution in [-0.2, 0) is 38.7 Å². The molecule has 0 bridgehead atoms. The number of esters is 2. The third kappa shape index (κ3) is 36.8. The molecule has 1 heterocycles. The minimum absolute atomic E-state index is 0.163. The molecule has 2 unspecified atom stereocenters. The van der Waals surface area contributed by atoms with Crippen LogP contribution in [0.15, 0.2) is 24.3 Å². The van der Waals surface area contributed by atoms with Gasteiger partial charge in [-0.2, -0.15) is 8.42 Å². The van der Waals surface area contributed by atoms with E-state index in [1.165, 1.54) is 148 Å². The molecule has 13 heteroatoms. The van der Waals surface area contributed by atoms with E-state index in [1.54, 1.807) is 0 Å². The van der Waals surface area contributed by atoms with Crippen LogP contribution in [0, 0.1) is 0 Å². The quantitative estimate of drug-likeness (QED) is 0.0196. The lowest BCUT2D eigenvalue weighted by atomic mass is 10.00. The van der Waals surface area contributed by atoms with E-state index in [9.17, 15) is 37.9 Å². The van der Waals surface area contributed by atoms with E-state index in [2.05, 4.69) is 38.2 Å². The van der Waals surface area contributed by atoms with Gasteiger partial charge in [-0.15, -0.1) is 0 Å². The number of ether oxygens (including phenoxy) is 4. The summed E-state index contributed by atoms with van der Waals surface area (Å²) in [4.78, 5) is 25.5. The van der Waals surface area contributed by atoms with Crippen LogP contribution in [-0.4, -0.2) is 96.0 Å². The fraction of sp³-hybridized carbons (Fsp3) is 0.885. The van der Waals surface area contributed by atoms with Gasteiger partial charge in [0.05, 0.1) is 6.61 Å². The van der Waals surface area contributed by atoms with Gasteiger partial charge in [0, 0.05) is 12.8 Å². The van der Waals surface area contributed by atoms with Crippen molar-refractivity contribution in [2.24, 2.45) is 0 Å². The van der Waals surface area contributed by atoms with Gasteiger partial charge in [-0.3, -0.25) is 14.1 Å². The molecule has 0 spiro atoms. The molecule has 0 radical (unpaired) electrons. The first-order valence-corrected chi connectivity index (χ1v) is 28.0. The summed E-state index contributed by atoms with van der Waals surface area (Å²) in [5, 5.41) is 31.0. The van der Waals surface area contributed by atoms with Gasteiger partial charge in [0.1, 0.15) is 36.8 Å². The summed E-state index contributed by atoms with van der Waals surface area (Å²) in [5.41, 5.74) is 0. The van der Waals surface area contributed by atoms with Gasteiger partial charge in [0.25, 0.3) is 10.1 Å². The molecule has 1 saturated heterocycles. The average molecular weight is 945 g/mol. The van der Waals surface area contributed by atoms with Crippen LogP contribution in [0.1, 0.15) is 239 Å². The van der Waals surface area contributed by atoms with E-state index >= 15 is 0 Å². The lowest BCUT2D eigenvalue weighted by molar-refractivity contribution is -0.297. The fourth-order valence-corrected chi connectivity index (χ4v) is 8.87. The largest absolute Gasteiger partial charge is 0.462 e. The molecule has 1 fully saturated rings. The van der Waals surface area contributed by atoms with Crippen molar-refractivity contribution in [2.75, 3.05) is 19.0 Å². The van der Waals surface area contributed by atoms with E-state index in [4.69, 9.17) is 18.9 Å². The number of aliphatic hydroxyl groups is 3. The zero-order valence-corrected chi connectivity index (χ0v) is 41.9. The van der Waals surface area contributed by atoms with Gasteiger partial charge in [-0.1, -0.05) is 205 Å². The third-order valence-corrected chi connectivity index (χ3v) is 13.0. The summed E-state index contributed by atoms with van der Waals surface area (Å²) in [6.07, 6.45) is 39.2. The van der Waals surface area contributed by atoms with Gasteiger partial charge >= 0.3 is 11.9 Å². The predicted molar refractivity (Wildman–Crippen MR) is 261 cm³/mol. The Morgan fingerprint density at radius 1 is 0.523 bits per heavy atom. The van der Waals surface area contributed by atoms with Gasteiger partial charge in [0.15, 0.2) is 12.4 Å². The molecule has 1 rings (SSSR count). The SMILES string of the molecule is CCCCC/C=C/C/C=C/CCCCCCCCCCCC(=O)O[C@H](COC(=O)CCCCCCCCCCCCCCCCCCCC)CO[C@H]1O[C@H](CS(=O)(=O)O)[C@@H](O)C(O)C1O. The first kappa shape index (κ1) is 61.1. The van der Waals surface area contributed by atoms with E-state index in [0.29, 0.717) is 12.8 Å². The summed E-state index contributed by atoms with van der Waals surface area (Å²) in [6.45, 7) is 3.77. The van der Waals surface area contributed by atoms with E-state index in [0.717, 1.165) is 51.4 Å². The predicted octanol–water partition coefficient (Wildman–Crippen LogP) is 12.0. The number of unbranched alkanes of at least 4 members (excludes halogenated alkanes) is 29. The second kappa shape index (κ2) is 42.2. The molecule has 0 aromatic heterocycles. The lowest BCUT2D eigenvalue weighted by Gasteiger charge is -2.40. The van der Waals surface area contributed by atoms with Gasteiger partial charge in [-0.25, -0.2) is 0 Å². The Morgan fingerprint density at radius 2 is 0.923 bits per heavy atom. The molecule has 65 heavy (non-hydrogen) atoms. The van der Waals surface area contributed by atoms with E-state index in [-0.39, 0.29) is 19.4 Å². The van der Waals surface area contributed by atoms with Crippen LogP contribution in [0.4, 0.5) is 0 Å². The molecule has 1 aliphatic heterocycles. The molecule has 0 aromatic carbocycles. The number of aliphatic hydroxyl groups excluding tert-OH is 3. The summed E-state index contributed by atoms with van der Waals surface area (Å²) in [6, 6.07) is 0. The van der Waals surface area contributed by atoms with Gasteiger partial charge in [-0.05, 0) is 44.9 Å². The van der Waals surface area contributed by atoms with Crippen molar-refractivity contribution >= 4 is 22.1 Å². The Morgan fingerprint density at radius 3 is 1.38 bits per heavy atom. The van der Waals surface area contributed by atoms with Crippen molar-refractivity contribution in [2.45, 2.75) is 275 Å². The maximum Gasteiger partial charge on any atom is 0.306 e. The highest BCUT2D eigenvalue weighted by Gasteiger charge is 2.46. The molecule has 0 saturated carbocycles. The number of carbonyl (C=O) groups is 2. The van der Waals surface area contributed by atoms with Crippen LogP contribution in [0.25, 0.3) is 0 Å². The fourth-order valence-electron chi connectivity index (χ4n) is 8.18. The van der Waals surface area contributed by atoms with Crippen molar-refractivity contribution in [3.63, 3.8) is 0 Å². The van der Waals surface area contributed by atoms with Crippen molar-refractivity contribution < 1.29 is 56.8 Å². The zero-order chi connectivity index (χ0) is 47.6. The molecular weight excluding hydrogens is 849 g/mol. The molecule has 0 aromatic rings. The Kier molecular flexibility index (Phi) is 39.7. The summed E-state index contributed by atoms with van der Waals surface area (Å²) < 4.78 is 54.3. The Hall–Kier alpha value is -1.87. The lowest BCUT2D eigenvalue weighted by Crippen LogP contribution is -2.60. The summed E-state index contributed by atoms with van der Waals surface area (Å²) >= 11 is 0.